The predicted octanol–water partition coefficient (Wildman–Crippen LogP) is 4.14. The van der Waals surface area contributed by atoms with Crippen LogP contribution in [0.5, 0.6) is 0 Å². The van der Waals surface area contributed by atoms with Gasteiger partial charge in [0, 0.05) is 35.1 Å². The number of fused-ring (bicyclic) bond motifs is 2. The van der Waals surface area contributed by atoms with E-state index in [1.54, 1.807) is 12.4 Å². The molecular weight excluding hydrogens is 290 g/mol. The molecule has 3 aromatic heterocycles. The van der Waals surface area contributed by atoms with Crippen LogP contribution >= 0.6 is 0 Å². The van der Waals surface area contributed by atoms with Crippen LogP contribution in [0.2, 0.25) is 0 Å². The molecule has 116 valence electrons. The number of aromatic amines is 1. The number of rotatable bonds is 2. The van der Waals surface area contributed by atoms with E-state index in [4.69, 9.17) is 4.42 Å². The fraction of sp³-hybridized carbons (Fsp3) is 0.235. The molecule has 4 rings (SSSR count). The zero-order chi connectivity index (χ0) is 16.0. The molecule has 2 N–H and O–H groups in total. The first kappa shape index (κ1) is 13.8. The summed E-state index contributed by atoms with van der Waals surface area (Å²) in [4.78, 5) is 8.48. The monoisotopic (exact) mass is 307 g/mol. The zero-order valence-electron chi connectivity index (χ0n) is 13.2. The molecule has 0 radical (unpaired) electrons. The maximum atomic E-state index is 5.73. The maximum absolute atomic E-state index is 5.73. The molecule has 0 unspecified atom stereocenters. The molecule has 0 amide bonds. The van der Waals surface area contributed by atoms with Crippen molar-refractivity contribution in [1.82, 2.24) is 20.2 Å². The van der Waals surface area contributed by atoms with Gasteiger partial charge in [-0.2, -0.15) is 5.10 Å². The SMILES string of the molecule is CC(C)(C)c1coc2cc(Nc3n[nH]c4nccnc34)ccc12. The Morgan fingerprint density at radius 3 is 2.78 bits per heavy atom. The molecule has 0 fully saturated rings. The number of hydrogen-bond donors (Lipinski definition) is 2. The molecule has 4 aromatic rings. The average Bonchev–Trinajstić information content (AvgIpc) is 3.11. The van der Waals surface area contributed by atoms with Gasteiger partial charge in [0.05, 0.1) is 6.26 Å². The van der Waals surface area contributed by atoms with E-state index in [-0.39, 0.29) is 5.41 Å². The third-order valence-corrected chi connectivity index (χ3v) is 3.84. The van der Waals surface area contributed by atoms with Gasteiger partial charge in [-0.1, -0.05) is 20.8 Å². The van der Waals surface area contributed by atoms with Crippen molar-refractivity contribution in [2.45, 2.75) is 26.2 Å². The first-order valence-corrected chi connectivity index (χ1v) is 7.46. The highest BCUT2D eigenvalue weighted by molar-refractivity contribution is 5.89. The van der Waals surface area contributed by atoms with Gasteiger partial charge in [-0.3, -0.25) is 5.10 Å². The summed E-state index contributed by atoms with van der Waals surface area (Å²) < 4.78 is 5.73. The van der Waals surface area contributed by atoms with E-state index in [1.165, 1.54) is 5.56 Å². The van der Waals surface area contributed by atoms with Crippen molar-refractivity contribution in [1.29, 1.82) is 0 Å². The molecule has 6 nitrogen and oxygen atoms in total. The summed E-state index contributed by atoms with van der Waals surface area (Å²) in [5, 5.41) is 11.5. The lowest BCUT2D eigenvalue weighted by molar-refractivity contribution is 0.557. The Morgan fingerprint density at radius 1 is 1.13 bits per heavy atom. The van der Waals surface area contributed by atoms with Crippen LogP contribution in [-0.2, 0) is 5.41 Å². The van der Waals surface area contributed by atoms with Gasteiger partial charge in [0.15, 0.2) is 17.0 Å². The number of furan rings is 1. The molecule has 0 saturated heterocycles. The molecule has 0 aliphatic rings. The number of nitrogens with zero attached hydrogens (tertiary/aromatic N) is 3. The third-order valence-electron chi connectivity index (χ3n) is 3.84. The van der Waals surface area contributed by atoms with Crippen molar-refractivity contribution in [2.24, 2.45) is 0 Å². The Balaban J connectivity index is 1.73. The van der Waals surface area contributed by atoms with E-state index < -0.39 is 0 Å². The Bertz CT molecular complexity index is 993. The molecule has 0 aliphatic heterocycles. The fourth-order valence-corrected chi connectivity index (χ4v) is 2.67. The Hall–Kier alpha value is -2.89. The summed E-state index contributed by atoms with van der Waals surface area (Å²) in [5.74, 6) is 0.648. The highest BCUT2D eigenvalue weighted by atomic mass is 16.3. The third kappa shape index (κ3) is 2.32. The number of nitrogens with one attached hydrogen (secondary N) is 2. The second-order valence-electron chi connectivity index (χ2n) is 6.56. The largest absolute Gasteiger partial charge is 0.464 e. The predicted molar refractivity (Wildman–Crippen MR) is 89.9 cm³/mol. The van der Waals surface area contributed by atoms with E-state index >= 15 is 0 Å². The van der Waals surface area contributed by atoms with Gasteiger partial charge in [0.2, 0.25) is 0 Å². The number of H-pyrrole nitrogens is 1. The highest BCUT2D eigenvalue weighted by Crippen LogP contribution is 2.33. The first-order valence-electron chi connectivity index (χ1n) is 7.46. The normalized spacial score (nSPS) is 12.1. The van der Waals surface area contributed by atoms with Gasteiger partial charge in [-0.15, -0.1) is 0 Å². The Morgan fingerprint density at radius 2 is 1.96 bits per heavy atom. The van der Waals surface area contributed by atoms with Crippen LogP contribution in [0, 0.1) is 0 Å². The minimum atomic E-state index is 0.0498. The van der Waals surface area contributed by atoms with Crippen molar-refractivity contribution in [3.05, 3.63) is 42.4 Å². The number of hydrogen-bond acceptors (Lipinski definition) is 5. The minimum Gasteiger partial charge on any atom is -0.464 e. The molecule has 0 atom stereocenters. The van der Waals surface area contributed by atoms with E-state index in [9.17, 15) is 0 Å². The second kappa shape index (κ2) is 4.81. The molecular formula is C17H17N5O. The lowest BCUT2D eigenvalue weighted by atomic mass is 9.87. The number of anilines is 2. The molecule has 0 bridgehead atoms. The molecule has 0 spiro atoms. The summed E-state index contributed by atoms with van der Waals surface area (Å²) in [5.41, 5.74) is 4.37. The van der Waals surface area contributed by atoms with E-state index in [1.807, 2.05) is 18.4 Å². The summed E-state index contributed by atoms with van der Waals surface area (Å²) in [6.07, 6.45) is 5.12. The minimum absolute atomic E-state index is 0.0498. The van der Waals surface area contributed by atoms with Crippen LogP contribution < -0.4 is 5.32 Å². The van der Waals surface area contributed by atoms with Crippen LogP contribution in [-0.4, -0.2) is 20.2 Å². The first-order chi connectivity index (χ1) is 11.0. The summed E-state index contributed by atoms with van der Waals surface area (Å²) in [6.45, 7) is 6.54. The van der Waals surface area contributed by atoms with E-state index in [0.717, 1.165) is 16.7 Å². The average molecular weight is 307 g/mol. The van der Waals surface area contributed by atoms with Gasteiger partial charge in [-0.25, -0.2) is 9.97 Å². The van der Waals surface area contributed by atoms with Crippen molar-refractivity contribution in [2.75, 3.05) is 5.32 Å². The summed E-state index contributed by atoms with van der Waals surface area (Å²) in [7, 11) is 0. The Labute approximate surface area is 132 Å². The molecule has 3 heterocycles. The second-order valence-corrected chi connectivity index (χ2v) is 6.56. The van der Waals surface area contributed by atoms with Crippen molar-refractivity contribution in [3.8, 4) is 0 Å². The van der Waals surface area contributed by atoms with Crippen LogP contribution in [0.4, 0.5) is 11.5 Å². The van der Waals surface area contributed by atoms with Gasteiger partial charge in [0.25, 0.3) is 0 Å². The van der Waals surface area contributed by atoms with Crippen molar-refractivity contribution >= 4 is 33.6 Å². The standard InChI is InChI=1S/C17H17N5O/c1-17(2,3)12-9-23-13-8-10(4-5-11(12)13)20-16-14-15(21-22-16)19-7-6-18-14/h4-9H,1-3H3,(H2,19,20,21,22). The van der Waals surface area contributed by atoms with E-state index in [0.29, 0.717) is 17.0 Å². The molecule has 0 saturated carbocycles. The van der Waals surface area contributed by atoms with E-state index in [2.05, 4.69) is 52.3 Å². The van der Waals surface area contributed by atoms with Gasteiger partial charge in [0.1, 0.15) is 5.58 Å². The zero-order valence-corrected chi connectivity index (χ0v) is 13.2. The Kier molecular flexibility index (Phi) is 2.87. The molecule has 1 aromatic carbocycles. The molecule has 6 heteroatoms. The topological polar surface area (TPSA) is 79.6 Å². The lowest BCUT2D eigenvalue weighted by Gasteiger charge is -2.16. The lowest BCUT2D eigenvalue weighted by Crippen LogP contribution is -2.09. The molecule has 23 heavy (non-hydrogen) atoms. The highest BCUT2D eigenvalue weighted by Gasteiger charge is 2.19. The smallest absolute Gasteiger partial charge is 0.180 e. The summed E-state index contributed by atoms with van der Waals surface area (Å²) >= 11 is 0. The van der Waals surface area contributed by atoms with Crippen molar-refractivity contribution in [3.63, 3.8) is 0 Å². The van der Waals surface area contributed by atoms with Gasteiger partial charge >= 0.3 is 0 Å². The van der Waals surface area contributed by atoms with Gasteiger partial charge in [-0.05, 0) is 17.5 Å². The van der Waals surface area contributed by atoms with Gasteiger partial charge < -0.3 is 9.73 Å². The van der Waals surface area contributed by atoms with Crippen LogP contribution in [0.15, 0.2) is 41.3 Å². The number of benzene rings is 1. The fourth-order valence-electron chi connectivity index (χ4n) is 2.67. The van der Waals surface area contributed by atoms with Crippen molar-refractivity contribution < 1.29 is 4.42 Å². The quantitative estimate of drug-likeness (QED) is 0.582. The summed E-state index contributed by atoms with van der Waals surface area (Å²) in [6, 6.07) is 6.06. The van der Waals surface area contributed by atoms with Crippen LogP contribution in [0.1, 0.15) is 26.3 Å². The number of aromatic nitrogens is 4. The maximum Gasteiger partial charge on any atom is 0.180 e. The molecule has 0 aliphatic carbocycles. The van der Waals surface area contributed by atoms with Crippen LogP contribution in [0.3, 0.4) is 0 Å². The van der Waals surface area contributed by atoms with Crippen LogP contribution in [0.25, 0.3) is 22.1 Å².